The molecule has 0 aliphatic rings. The summed E-state index contributed by atoms with van der Waals surface area (Å²) in [5, 5.41) is 8.87. The molecule has 0 bridgehead atoms. The molecule has 0 aromatic heterocycles. The average Bonchev–Trinajstić information content (AvgIpc) is 1.84. The van der Waals surface area contributed by atoms with Crippen molar-refractivity contribution in [1.29, 1.82) is 0 Å². The third kappa shape index (κ3) is 3.43. The molecule has 1 unspecified atom stereocenters. The van der Waals surface area contributed by atoms with Gasteiger partial charge in [-0.1, -0.05) is 20.8 Å². The topological polar surface area (TPSA) is 37.3 Å². The third-order valence-electron chi connectivity index (χ3n) is 1.92. The van der Waals surface area contributed by atoms with Crippen LogP contribution in [0.1, 0.15) is 33.6 Å². The second-order valence-corrected chi connectivity index (χ2v) is 4.00. The van der Waals surface area contributed by atoms with Gasteiger partial charge in [0.1, 0.15) is 0 Å². The number of hydrogen-bond acceptors (Lipinski definition) is 1. The zero-order valence-corrected chi connectivity index (χ0v) is 7.92. The summed E-state index contributed by atoms with van der Waals surface area (Å²) < 4.78 is 0. The molecule has 12 heavy (non-hydrogen) atoms. The van der Waals surface area contributed by atoms with Gasteiger partial charge in [0.15, 0.2) is 0 Å². The van der Waals surface area contributed by atoms with Gasteiger partial charge in [-0.2, -0.15) is 0 Å². The summed E-state index contributed by atoms with van der Waals surface area (Å²) in [5.74, 6) is 1.37. The third-order valence-corrected chi connectivity index (χ3v) is 1.92. The summed E-state index contributed by atoms with van der Waals surface area (Å²) in [7, 11) is 0. The highest BCUT2D eigenvalue weighted by Crippen LogP contribution is 2.29. The van der Waals surface area contributed by atoms with Gasteiger partial charge in [0.25, 0.3) is 0 Å². The smallest absolute Gasteiger partial charge is 0.307 e. The Hall–Kier alpha value is -0.970. The van der Waals surface area contributed by atoms with E-state index in [9.17, 15) is 4.79 Å². The first-order valence-corrected chi connectivity index (χ1v) is 4.06. The van der Waals surface area contributed by atoms with Crippen LogP contribution in [0.15, 0.2) is 0 Å². The molecule has 1 N–H and O–H groups in total. The summed E-state index contributed by atoms with van der Waals surface area (Å²) in [6.45, 7) is 5.76. The van der Waals surface area contributed by atoms with Crippen molar-refractivity contribution in [3.05, 3.63) is 0 Å². The molecule has 0 aliphatic heterocycles. The Morgan fingerprint density at radius 1 is 1.58 bits per heavy atom. The Bertz CT molecular complexity index is 193. The van der Waals surface area contributed by atoms with Gasteiger partial charge in [-0.05, 0) is 11.8 Å². The summed E-state index contributed by atoms with van der Waals surface area (Å²) in [4.78, 5) is 10.8. The highest BCUT2D eigenvalue weighted by atomic mass is 16.4. The first-order valence-electron chi connectivity index (χ1n) is 4.06. The first kappa shape index (κ1) is 11.0. The molecule has 0 amide bonds. The molecule has 2 heteroatoms. The molecule has 1 atom stereocenters. The molecule has 68 valence electrons. The van der Waals surface area contributed by atoms with Crippen LogP contribution in [-0.2, 0) is 4.79 Å². The van der Waals surface area contributed by atoms with Crippen LogP contribution < -0.4 is 0 Å². The normalized spacial score (nSPS) is 13.5. The summed E-state index contributed by atoms with van der Waals surface area (Å²) in [5.41, 5.74) is -0.206. The molecule has 0 aromatic rings. The molecule has 2 nitrogen and oxygen atoms in total. The minimum absolute atomic E-state index is 0.206. The maximum atomic E-state index is 10.8. The maximum absolute atomic E-state index is 10.8. The van der Waals surface area contributed by atoms with Crippen molar-refractivity contribution in [2.24, 2.45) is 11.3 Å². The van der Waals surface area contributed by atoms with E-state index < -0.39 is 5.97 Å². The van der Waals surface area contributed by atoms with Crippen molar-refractivity contribution in [3.63, 3.8) is 0 Å². The quantitative estimate of drug-likeness (QED) is 0.655. The molecule has 0 spiro atoms. The highest BCUT2D eigenvalue weighted by molar-refractivity contribution is 5.70. The van der Waals surface area contributed by atoms with E-state index in [4.69, 9.17) is 11.5 Å². The number of carboxylic acid groups (broad SMARTS) is 1. The summed E-state index contributed by atoms with van der Waals surface area (Å²) >= 11 is 0. The van der Waals surface area contributed by atoms with Crippen LogP contribution in [0.4, 0.5) is 0 Å². The van der Waals surface area contributed by atoms with Crippen LogP contribution in [0.2, 0.25) is 0 Å². The Labute approximate surface area is 74.0 Å². The largest absolute Gasteiger partial charge is 0.481 e. The van der Waals surface area contributed by atoms with Gasteiger partial charge in [0.05, 0.1) is 5.92 Å². The molecule has 0 saturated carbocycles. The van der Waals surface area contributed by atoms with Crippen LogP contribution in [0.25, 0.3) is 0 Å². The minimum atomic E-state index is -0.752. The standard InChI is InChI=1S/C10H16O2/c1-5-6-7-8(9(11)12)10(2,3)4/h1,8H,6-7H2,2-4H3,(H,11,12). The van der Waals surface area contributed by atoms with Crippen LogP contribution in [0.3, 0.4) is 0 Å². The molecule has 0 aromatic carbocycles. The number of aliphatic carboxylic acids is 1. The molecule has 0 heterocycles. The number of hydrogen-bond donors (Lipinski definition) is 1. The first-order chi connectivity index (χ1) is 5.39. The lowest BCUT2D eigenvalue weighted by Gasteiger charge is -2.26. The highest BCUT2D eigenvalue weighted by Gasteiger charge is 2.30. The minimum Gasteiger partial charge on any atom is -0.481 e. The molecule has 0 rings (SSSR count). The summed E-state index contributed by atoms with van der Waals surface area (Å²) in [6, 6.07) is 0. The van der Waals surface area contributed by atoms with Gasteiger partial charge in [-0.15, -0.1) is 12.3 Å². The van der Waals surface area contributed by atoms with Crippen LogP contribution >= 0.6 is 0 Å². The van der Waals surface area contributed by atoms with Crippen molar-refractivity contribution in [1.82, 2.24) is 0 Å². The van der Waals surface area contributed by atoms with Crippen molar-refractivity contribution in [2.45, 2.75) is 33.6 Å². The predicted molar refractivity (Wildman–Crippen MR) is 48.6 cm³/mol. The van der Waals surface area contributed by atoms with Crippen molar-refractivity contribution < 1.29 is 9.90 Å². The van der Waals surface area contributed by atoms with E-state index in [1.165, 1.54) is 0 Å². The van der Waals surface area contributed by atoms with Gasteiger partial charge in [0.2, 0.25) is 0 Å². The second-order valence-electron chi connectivity index (χ2n) is 4.00. The zero-order chi connectivity index (χ0) is 9.78. The lowest BCUT2D eigenvalue weighted by Crippen LogP contribution is -2.28. The number of rotatable bonds is 3. The molecule has 0 aliphatic carbocycles. The SMILES string of the molecule is C#CCCC(C(=O)O)C(C)(C)C. The van der Waals surface area contributed by atoms with Gasteiger partial charge in [0, 0.05) is 6.42 Å². The van der Waals surface area contributed by atoms with E-state index in [1.54, 1.807) is 0 Å². The monoisotopic (exact) mass is 168 g/mol. The van der Waals surface area contributed by atoms with E-state index in [-0.39, 0.29) is 11.3 Å². The van der Waals surface area contributed by atoms with Gasteiger partial charge in [-0.3, -0.25) is 4.79 Å². The van der Waals surface area contributed by atoms with Crippen LogP contribution in [0, 0.1) is 23.7 Å². The predicted octanol–water partition coefficient (Wildman–Crippen LogP) is 2.15. The molecule has 0 radical (unpaired) electrons. The van der Waals surface area contributed by atoms with Crippen molar-refractivity contribution in [3.8, 4) is 12.3 Å². The summed E-state index contributed by atoms with van der Waals surface area (Å²) in [6.07, 6.45) is 6.18. The van der Waals surface area contributed by atoms with E-state index in [2.05, 4.69) is 5.92 Å². The molecule has 0 saturated heterocycles. The van der Waals surface area contributed by atoms with Crippen LogP contribution in [0.5, 0.6) is 0 Å². The lowest BCUT2D eigenvalue weighted by atomic mass is 9.78. The Kier molecular flexibility index (Phi) is 3.82. The van der Waals surface area contributed by atoms with Crippen molar-refractivity contribution >= 4 is 5.97 Å². The van der Waals surface area contributed by atoms with E-state index in [0.29, 0.717) is 12.8 Å². The number of carbonyl (C=O) groups is 1. The zero-order valence-electron chi connectivity index (χ0n) is 7.92. The van der Waals surface area contributed by atoms with E-state index in [1.807, 2.05) is 20.8 Å². The second kappa shape index (κ2) is 4.15. The maximum Gasteiger partial charge on any atom is 0.307 e. The lowest BCUT2D eigenvalue weighted by molar-refractivity contribution is -0.145. The molecular formula is C10H16O2. The number of carboxylic acids is 1. The van der Waals surface area contributed by atoms with Gasteiger partial charge < -0.3 is 5.11 Å². The van der Waals surface area contributed by atoms with Gasteiger partial charge in [-0.25, -0.2) is 0 Å². The van der Waals surface area contributed by atoms with E-state index >= 15 is 0 Å². The fourth-order valence-corrected chi connectivity index (χ4v) is 1.15. The van der Waals surface area contributed by atoms with Gasteiger partial charge >= 0.3 is 5.97 Å². The Morgan fingerprint density at radius 2 is 2.08 bits per heavy atom. The molecule has 0 fully saturated rings. The number of terminal acetylenes is 1. The average molecular weight is 168 g/mol. The fourth-order valence-electron chi connectivity index (χ4n) is 1.15. The van der Waals surface area contributed by atoms with E-state index in [0.717, 1.165) is 0 Å². The fraction of sp³-hybridized carbons (Fsp3) is 0.700. The van der Waals surface area contributed by atoms with Crippen molar-refractivity contribution in [2.75, 3.05) is 0 Å². The Morgan fingerprint density at radius 3 is 2.33 bits per heavy atom. The molecular weight excluding hydrogens is 152 g/mol. The Balaban J connectivity index is 4.27. The van der Waals surface area contributed by atoms with Crippen LogP contribution in [-0.4, -0.2) is 11.1 Å².